The van der Waals surface area contributed by atoms with E-state index in [0.29, 0.717) is 12.3 Å². The molecule has 94 valence electrons. The first-order valence-corrected chi connectivity index (χ1v) is 6.45. The molecule has 0 radical (unpaired) electrons. The first-order chi connectivity index (χ1) is 8.58. The molecule has 0 amide bonds. The monoisotopic (exact) mass is 357 g/mol. The van der Waals surface area contributed by atoms with Crippen LogP contribution >= 0.6 is 22.6 Å². The zero-order valence-electron chi connectivity index (χ0n) is 9.74. The van der Waals surface area contributed by atoms with Gasteiger partial charge in [-0.05, 0) is 53.3 Å². The standard InChI is InChI=1S/C13H12INO3/c1-8-11(14)3-2-4-12(8)15-6-10-5-9(7-18-10)13(16)17/h2-5,7,15H,6H2,1H3,(H,16,17). The van der Waals surface area contributed by atoms with E-state index in [1.165, 1.54) is 21.5 Å². The number of carboxylic acid groups (broad SMARTS) is 1. The SMILES string of the molecule is Cc1c(I)cccc1NCc1cc(C(=O)O)co1. The Morgan fingerprint density at radius 1 is 1.50 bits per heavy atom. The van der Waals surface area contributed by atoms with Crippen LogP contribution in [0.1, 0.15) is 21.7 Å². The molecule has 0 atom stereocenters. The van der Waals surface area contributed by atoms with Gasteiger partial charge in [0.1, 0.15) is 12.0 Å². The van der Waals surface area contributed by atoms with Crippen molar-refractivity contribution in [3.05, 3.63) is 51.0 Å². The lowest BCUT2D eigenvalue weighted by Crippen LogP contribution is -2.01. The summed E-state index contributed by atoms with van der Waals surface area (Å²) in [5.41, 5.74) is 2.37. The average molecular weight is 357 g/mol. The van der Waals surface area contributed by atoms with E-state index in [-0.39, 0.29) is 5.56 Å². The summed E-state index contributed by atoms with van der Waals surface area (Å²) in [6, 6.07) is 7.52. The number of rotatable bonds is 4. The van der Waals surface area contributed by atoms with Crippen molar-refractivity contribution in [1.29, 1.82) is 0 Å². The smallest absolute Gasteiger partial charge is 0.338 e. The minimum atomic E-state index is -0.976. The van der Waals surface area contributed by atoms with Crippen molar-refractivity contribution in [2.24, 2.45) is 0 Å². The van der Waals surface area contributed by atoms with Gasteiger partial charge in [-0.2, -0.15) is 0 Å². The molecule has 1 aromatic carbocycles. The van der Waals surface area contributed by atoms with E-state index in [9.17, 15) is 4.79 Å². The Balaban J connectivity index is 2.07. The number of halogens is 1. The van der Waals surface area contributed by atoms with Gasteiger partial charge >= 0.3 is 5.97 Å². The molecule has 0 saturated heterocycles. The molecule has 18 heavy (non-hydrogen) atoms. The summed E-state index contributed by atoms with van der Waals surface area (Å²) in [6.45, 7) is 2.50. The summed E-state index contributed by atoms with van der Waals surface area (Å²) in [6.07, 6.45) is 1.25. The van der Waals surface area contributed by atoms with Gasteiger partial charge in [0.2, 0.25) is 0 Å². The summed E-state index contributed by atoms with van der Waals surface area (Å²) >= 11 is 2.28. The van der Waals surface area contributed by atoms with Crippen LogP contribution in [0, 0.1) is 10.5 Å². The van der Waals surface area contributed by atoms with Crippen molar-refractivity contribution in [1.82, 2.24) is 0 Å². The molecule has 1 heterocycles. The fraction of sp³-hybridized carbons (Fsp3) is 0.154. The van der Waals surface area contributed by atoms with Crippen LogP contribution in [-0.2, 0) is 6.54 Å². The molecule has 2 rings (SSSR count). The Labute approximate surface area is 118 Å². The van der Waals surface area contributed by atoms with Crippen molar-refractivity contribution >= 4 is 34.2 Å². The zero-order valence-corrected chi connectivity index (χ0v) is 11.9. The lowest BCUT2D eigenvalue weighted by Gasteiger charge is -2.09. The second-order valence-electron chi connectivity index (χ2n) is 3.87. The zero-order chi connectivity index (χ0) is 13.1. The van der Waals surface area contributed by atoms with Crippen LogP contribution in [-0.4, -0.2) is 11.1 Å². The van der Waals surface area contributed by atoms with E-state index in [2.05, 4.69) is 27.9 Å². The van der Waals surface area contributed by atoms with Gasteiger partial charge in [0.05, 0.1) is 12.1 Å². The summed E-state index contributed by atoms with van der Waals surface area (Å²) in [4.78, 5) is 10.7. The average Bonchev–Trinajstić information content (AvgIpc) is 2.80. The molecule has 2 N–H and O–H groups in total. The molecule has 0 aliphatic carbocycles. The van der Waals surface area contributed by atoms with Crippen LogP contribution in [0.2, 0.25) is 0 Å². The maximum Gasteiger partial charge on any atom is 0.338 e. The number of anilines is 1. The molecule has 4 nitrogen and oxygen atoms in total. The van der Waals surface area contributed by atoms with E-state index in [4.69, 9.17) is 9.52 Å². The maximum atomic E-state index is 10.7. The Bertz CT molecular complexity index is 577. The second kappa shape index (κ2) is 5.43. The van der Waals surface area contributed by atoms with Gasteiger partial charge in [0.15, 0.2) is 0 Å². The summed E-state index contributed by atoms with van der Waals surface area (Å²) < 4.78 is 6.36. The van der Waals surface area contributed by atoms with Gasteiger partial charge in [-0.25, -0.2) is 4.79 Å². The van der Waals surface area contributed by atoms with E-state index in [1.54, 1.807) is 0 Å². The number of hydrogen-bond acceptors (Lipinski definition) is 3. The van der Waals surface area contributed by atoms with E-state index in [1.807, 2.05) is 25.1 Å². The minimum absolute atomic E-state index is 0.172. The van der Waals surface area contributed by atoms with Crippen molar-refractivity contribution in [3.63, 3.8) is 0 Å². The normalized spacial score (nSPS) is 10.3. The molecule has 0 fully saturated rings. The maximum absolute atomic E-state index is 10.7. The molecule has 0 bridgehead atoms. The molecule has 5 heteroatoms. The number of aromatic carboxylic acids is 1. The van der Waals surface area contributed by atoms with Crippen LogP contribution in [0.3, 0.4) is 0 Å². The Morgan fingerprint density at radius 3 is 2.94 bits per heavy atom. The lowest BCUT2D eigenvalue weighted by molar-refractivity contribution is 0.0696. The fourth-order valence-corrected chi connectivity index (χ4v) is 2.06. The summed E-state index contributed by atoms with van der Waals surface area (Å²) in [5, 5.41) is 12.0. The molecule has 0 aliphatic heterocycles. The predicted molar refractivity (Wildman–Crippen MR) is 76.9 cm³/mol. The molecule has 2 aromatic rings. The number of carboxylic acids is 1. The van der Waals surface area contributed by atoms with Crippen molar-refractivity contribution in [2.45, 2.75) is 13.5 Å². The van der Waals surface area contributed by atoms with Crippen LogP contribution in [0.4, 0.5) is 5.69 Å². The third-order valence-corrected chi connectivity index (χ3v) is 3.79. The predicted octanol–water partition coefficient (Wildman–Crippen LogP) is 3.50. The van der Waals surface area contributed by atoms with Gasteiger partial charge in [-0.3, -0.25) is 0 Å². The topological polar surface area (TPSA) is 62.5 Å². The summed E-state index contributed by atoms with van der Waals surface area (Å²) in [5.74, 6) is -0.374. The number of carbonyl (C=O) groups is 1. The van der Waals surface area contributed by atoms with Gasteiger partial charge in [-0.15, -0.1) is 0 Å². The minimum Gasteiger partial charge on any atom is -0.478 e. The second-order valence-corrected chi connectivity index (χ2v) is 5.03. The largest absolute Gasteiger partial charge is 0.478 e. The van der Waals surface area contributed by atoms with Gasteiger partial charge in [-0.1, -0.05) is 6.07 Å². The Hall–Kier alpha value is -1.50. The van der Waals surface area contributed by atoms with Crippen LogP contribution in [0.25, 0.3) is 0 Å². The third-order valence-electron chi connectivity index (χ3n) is 2.62. The van der Waals surface area contributed by atoms with E-state index in [0.717, 1.165) is 5.69 Å². The molecule has 0 unspecified atom stereocenters. The van der Waals surface area contributed by atoms with E-state index < -0.39 is 5.97 Å². The van der Waals surface area contributed by atoms with Crippen LogP contribution in [0.5, 0.6) is 0 Å². The van der Waals surface area contributed by atoms with Crippen LogP contribution in [0.15, 0.2) is 34.9 Å². The number of hydrogen-bond donors (Lipinski definition) is 2. The van der Waals surface area contributed by atoms with Crippen molar-refractivity contribution < 1.29 is 14.3 Å². The molecule has 1 aromatic heterocycles. The third kappa shape index (κ3) is 2.84. The molecular weight excluding hydrogens is 345 g/mol. The Kier molecular flexibility index (Phi) is 3.90. The van der Waals surface area contributed by atoms with Crippen molar-refractivity contribution in [2.75, 3.05) is 5.32 Å². The summed E-state index contributed by atoms with van der Waals surface area (Å²) in [7, 11) is 0. The lowest BCUT2D eigenvalue weighted by atomic mass is 10.2. The molecule has 0 saturated carbocycles. The quantitative estimate of drug-likeness (QED) is 0.823. The number of nitrogens with one attached hydrogen (secondary N) is 1. The molecule has 0 spiro atoms. The molecular formula is C13H12INO3. The highest BCUT2D eigenvalue weighted by molar-refractivity contribution is 14.1. The highest BCUT2D eigenvalue weighted by Crippen LogP contribution is 2.21. The first-order valence-electron chi connectivity index (χ1n) is 5.37. The van der Waals surface area contributed by atoms with E-state index >= 15 is 0 Å². The number of benzene rings is 1. The first kappa shape index (κ1) is 12.9. The Morgan fingerprint density at radius 2 is 2.28 bits per heavy atom. The van der Waals surface area contributed by atoms with Gasteiger partial charge in [0.25, 0.3) is 0 Å². The van der Waals surface area contributed by atoms with Crippen LogP contribution < -0.4 is 5.32 Å². The van der Waals surface area contributed by atoms with Gasteiger partial charge in [0, 0.05) is 9.26 Å². The van der Waals surface area contributed by atoms with Crippen molar-refractivity contribution in [3.8, 4) is 0 Å². The fourth-order valence-electron chi connectivity index (χ4n) is 1.57. The van der Waals surface area contributed by atoms with Gasteiger partial charge < -0.3 is 14.8 Å². The molecule has 0 aliphatic rings. The highest BCUT2D eigenvalue weighted by atomic mass is 127. The highest BCUT2D eigenvalue weighted by Gasteiger charge is 2.08. The number of furan rings is 1.